The van der Waals surface area contributed by atoms with Crippen LogP contribution in [-0.2, 0) is 11.2 Å². The Bertz CT molecular complexity index is 778. The van der Waals surface area contributed by atoms with Gasteiger partial charge in [0, 0.05) is 18.3 Å². The van der Waals surface area contributed by atoms with Gasteiger partial charge in [0.25, 0.3) is 11.6 Å². The van der Waals surface area contributed by atoms with Crippen molar-refractivity contribution in [1.29, 1.82) is 0 Å². The maximum absolute atomic E-state index is 13.7. The lowest BCUT2D eigenvalue weighted by Gasteiger charge is -2.17. The number of benzene rings is 2. The van der Waals surface area contributed by atoms with Crippen LogP contribution in [0.2, 0.25) is 0 Å². The average molecular weight is 316 g/mol. The number of ether oxygens (including phenoxy) is 1. The molecule has 3 rings (SSSR count). The number of hydrogen-bond donors (Lipinski definition) is 0. The topological polar surface area (TPSA) is 72.7 Å². The molecular formula is C16H13FN2O4. The van der Waals surface area contributed by atoms with Crippen LogP contribution in [0.15, 0.2) is 42.5 Å². The Balaban J connectivity index is 1.67. The van der Waals surface area contributed by atoms with Gasteiger partial charge in [0.2, 0.25) is 0 Å². The first kappa shape index (κ1) is 15.0. The van der Waals surface area contributed by atoms with E-state index in [2.05, 4.69) is 0 Å². The summed E-state index contributed by atoms with van der Waals surface area (Å²) in [5, 5.41) is 10.6. The minimum atomic E-state index is -0.867. The number of carbonyl (C=O) groups is 1. The van der Waals surface area contributed by atoms with Gasteiger partial charge in [-0.25, -0.2) is 4.39 Å². The molecule has 0 unspecified atom stereocenters. The number of carbonyl (C=O) groups excluding carboxylic acids is 1. The van der Waals surface area contributed by atoms with Gasteiger partial charge in [0.05, 0.1) is 11.0 Å². The molecule has 0 aliphatic carbocycles. The lowest BCUT2D eigenvalue weighted by molar-refractivity contribution is -0.385. The van der Waals surface area contributed by atoms with Crippen molar-refractivity contribution >= 4 is 17.3 Å². The van der Waals surface area contributed by atoms with Gasteiger partial charge < -0.3 is 9.64 Å². The van der Waals surface area contributed by atoms with Crippen molar-refractivity contribution in [2.45, 2.75) is 6.42 Å². The summed E-state index contributed by atoms with van der Waals surface area (Å²) >= 11 is 0. The van der Waals surface area contributed by atoms with Crippen molar-refractivity contribution in [2.75, 3.05) is 18.1 Å². The number of hydrogen-bond acceptors (Lipinski definition) is 4. The van der Waals surface area contributed by atoms with Crippen LogP contribution in [0.1, 0.15) is 5.56 Å². The Hall–Kier alpha value is -2.96. The molecule has 23 heavy (non-hydrogen) atoms. The highest BCUT2D eigenvalue weighted by Crippen LogP contribution is 2.28. The van der Waals surface area contributed by atoms with Crippen LogP contribution in [0.25, 0.3) is 0 Å². The standard InChI is InChI=1S/C16H13FN2O4/c17-13-9-12(19(21)22)5-6-15(13)23-10-16(20)18-8-7-11-3-1-2-4-14(11)18/h1-6,9H,7-8,10H2. The van der Waals surface area contributed by atoms with Crippen LogP contribution in [-0.4, -0.2) is 24.0 Å². The number of amides is 1. The zero-order valence-electron chi connectivity index (χ0n) is 12.1. The summed E-state index contributed by atoms with van der Waals surface area (Å²) < 4.78 is 18.9. The number of anilines is 1. The summed E-state index contributed by atoms with van der Waals surface area (Å²) in [6.45, 7) is 0.230. The van der Waals surface area contributed by atoms with Gasteiger partial charge in [-0.3, -0.25) is 14.9 Å². The number of nitro benzene ring substituents is 1. The predicted octanol–water partition coefficient (Wildman–Crippen LogP) is 2.70. The summed E-state index contributed by atoms with van der Waals surface area (Å²) in [4.78, 5) is 23.7. The van der Waals surface area contributed by atoms with Crippen LogP contribution >= 0.6 is 0 Å². The number of rotatable bonds is 4. The van der Waals surface area contributed by atoms with Crippen molar-refractivity contribution in [2.24, 2.45) is 0 Å². The molecule has 7 heteroatoms. The van der Waals surface area contributed by atoms with E-state index in [9.17, 15) is 19.3 Å². The Morgan fingerprint density at radius 1 is 1.30 bits per heavy atom. The van der Waals surface area contributed by atoms with Crippen molar-refractivity contribution in [3.8, 4) is 5.75 Å². The van der Waals surface area contributed by atoms with E-state index in [1.807, 2.05) is 24.3 Å². The van der Waals surface area contributed by atoms with E-state index in [4.69, 9.17) is 4.74 Å². The molecule has 0 fully saturated rings. The van der Waals surface area contributed by atoms with E-state index in [1.165, 1.54) is 0 Å². The maximum Gasteiger partial charge on any atom is 0.272 e. The zero-order valence-corrected chi connectivity index (χ0v) is 12.1. The monoisotopic (exact) mass is 316 g/mol. The summed E-state index contributed by atoms with van der Waals surface area (Å²) in [5.74, 6) is -1.34. The highest BCUT2D eigenvalue weighted by molar-refractivity contribution is 5.96. The minimum Gasteiger partial charge on any atom is -0.481 e. The second-order valence-corrected chi connectivity index (χ2v) is 5.08. The van der Waals surface area contributed by atoms with E-state index in [0.717, 1.165) is 35.9 Å². The Kier molecular flexibility index (Phi) is 3.92. The van der Waals surface area contributed by atoms with Crippen LogP contribution in [0.3, 0.4) is 0 Å². The molecule has 2 aromatic rings. The van der Waals surface area contributed by atoms with Gasteiger partial charge in [-0.05, 0) is 24.1 Å². The quantitative estimate of drug-likeness (QED) is 0.642. The first-order valence-electron chi connectivity index (χ1n) is 7.01. The molecule has 0 bridgehead atoms. The third kappa shape index (κ3) is 2.98. The minimum absolute atomic E-state index is 0.184. The highest BCUT2D eigenvalue weighted by atomic mass is 19.1. The van der Waals surface area contributed by atoms with Gasteiger partial charge in [0.15, 0.2) is 18.2 Å². The fraction of sp³-hybridized carbons (Fsp3) is 0.188. The van der Waals surface area contributed by atoms with Gasteiger partial charge in [-0.1, -0.05) is 18.2 Å². The van der Waals surface area contributed by atoms with Crippen molar-refractivity contribution in [3.05, 3.63) is 64.0 Å². The van der Waals surface area contributed by atoms with E-state index < -0.39 is 10.7 Å². The number of nitrogens with zero attached hydrogens (tertiary/aromatic N) is 2. The van der Waals surface area contributed by atoms with E-state index in [1.54, 1.807) is 4.90 Å². The average Bonchev–Trinajstić information content (AvgIpc) is 2.97. The van der Waals surface area contributed by atoms with E-state index >= 15 is 0 Å². The molecule has 1 aliphatic rings. The van der Waals surface area contributed by atoms with Crippen LogP contribution in [0.4, 0.5) is 15.8 Å². The van der Waals surface area contributed by atoms with Crippen LogP contribution in [0.5, 0.6) is 5.75 Å². The molecule has 1 amide bonds. The number of para-hydroxylation sites is 1. The number of halogens is 1. The molecular weight excluding hydrogens is 303 g/mol. The molecule has 0 radical (unpaired) electrons. The molecule has 1 heterocycles. The largest absolute Gasteiger partial charge is 0.481 e. The first-order valence-corrected chi connectivity index (χ1v) is 7.01. The summed E-state index contributed by atoms with van der Waals surface area (Å²) in [5.41, 5.74) is 1.56. The van der Waals surface area contributed by atoms with Crippen molar-refractivity contribution < 1.29 is 18.8 Å². The molecule has 6 nitrogen and oxygen atoms in total. The van der Waals surface area contributed by atoms with Gasteiger partial charge in [-0.2, -0.15) is 0 Å². The number of fused-ring (bicyclic) bond motifs is 1. The van der Waals surface area contributed by atoms with Crippen LogP contribution in [0, 0.1) is 15.9 Å². The second-order valence-electron chi connectivity index (χ2n) is 5.08. The third-order valence-electron chi connectivity index (χ3n) is 3.67. The Morgan fingerprint density at radius 3 is 2.83 bits per heavy atom. The highest BCUT2D eigenvalue weighted by Gasteiger charge is 2.24. The third-order valence-corrected chi connectivity index (χ3v) is 3.67. The van der Waals surface area contributed by atoms with Gasteiger partial charge in [0.1, 0.15) is 0 Å². The van der Waals surface area contributed by atoms with Crippen molar-refractivity contribution in [3.63, 3.8) is 0 Å². The van der Waals surface area contributed by atoms with Gasteiger partial charge >= 0.3 is 0 Å². The van der Waals surface area contributed by atoms with Crippen molar-refractivity contribution in [1.82, 2.24) is 0 Å². The molecule has 0 spiro atoms. The second kappa shape index (κ2) is 6.04. The van der Waals surface area contributed by atoms with Gasteiger partial charge in [-0.15, -0.1) is 0 Å². The Labute approximate surface area is 131 Å². The zero-order chi connectivity index (χ0) is 16.4. The molecule has 0 saturated heterocycles. The summed E-state index contributed by atoms with van der Waals surface area (Å²) in [6, 6.07) is 10.6. The molecule has 0 N–H and O–H groups in total. The predicted molar refractivity (Wildman–Crippen MR) is 81.0 cm³/mol. The fourth-order valence-electron chi connectivity index (χ4n) is 2.54. The number of non-ortho nitro benzene ring substituents is 1. The Morgan fingerprint density at radius 2 is 2.09 bits per heavy atom. The molecule has 118 valence electrons. The summed E-state index contributed by atoms with van der Waals surface area (Å²) in [6.07, 6.45) is 0.772. The van der Waals surface area contributed by atoms with E-state index in [0.29, 0.717) is 6.54 Å². The molecule has 0 aromatic heterocycles. The normalized spacial score (nSPS) is 12.8. The molecule has 0 saturated carbocycles. The first-order chi connectivity index (χ1) is 11.1. The lowest BCUT2D eigenvalue weighted by atomic mass is 10.2. The fourth-order valence-corrected chi connectivity index (χ4v) is 2.54. The SMILES string of the molecule is O=C(COc1ccc([N+](=O)[O-])cc1F)N1CCc2ccccc21. The smallest absolute Gasteiger partial charge is 0.272 e. The maximum atomic E-state index is 13.7. The lowest BCUT2D eigenvalue weighted by Crippen LogP contribution is -2.33. The summed E-state index contributed by atoms with van der Waals surface area (Å²) in [7, 11) is 0. The number of nitro groups is 1. The molecule has 2 aromatic carbocycles. The van der Waals surface area contributed by atoms with E-state index in [-0.39, 0.29) is 24.0 Å². The molecule has 1 aliphatic heterocycles. The molecule has 0 atom stereocenters. The van der Waals surface area contributed by atoms with Crippen LogP contribution < -0.4 is 9.64 Å².